The van der Waals surface area contributed by atoms with Crippen LogP contribution in [-0.2, 0) is 14.4 Å². The van der Waals surface area contributed by atoms with Gasteiger partial charge in [-0.1, -0.05) is 40.2 Å². The second-order valence-electron chi connectivity index (χ2n) is 7.65. The smallest absolute Gasteiger partial charge is 0.271 e. The molecule has 3 aromatic carbocycles. The Morgan fingerprint density at radius 1 is 0.939 bits per heavy atom. The SMILES string of the molecule is O=C1C2ON(c3ccccc3)C(c3cc(Br)ccc3O)C2C(=O)N1c1cccc([N+](=O)[O-])c1. The summed E-state index contributed by atoms with van der Waals surface area (Å²) >= 11 is 3.39. The molecule has 1 N–H and O–H groups in total. The Balaban J connectivity index is 1.61. The second kappa shape index (κ2) is 7.98. The van der Waals surface area contributed by atoms with Crippen LogP contribution < -0.4 is 9.96 Å². The minimum atomic E-state index is -1.15. The lowest BCUT2D eigenvalue weighted by Gasteiger charge is -2.29. The second-order valence-corrected chi connectivity index (χ2v) is 8.57. The number of fused-ring (bicyclic) bond motifs is 1. The van der Waals surface area contributed by atoms with Gasteiger partial charge in [0.05, 0.1) is 22.3 Å². The first-order chi connectivity index (χ1) is 15.9. The van der Waals surface area contributed by atoms with Gasteiger partial charge in [-0.05, 0) is 36.4 Å². The number of para-hydroxylation sites is 1. The number of halogens is 1. The maximum absolute atomic E-state index is 13.6. The fourth-order valence-electron chi connectivity index (χ4n) is 4.29. The molecule has 2 saturated heterocycles. The topological polar surface area (TPSA) is 113 Å². The Labute approximate surface area is 196 Å². The molecule has 2 fully saturated rings. The molecule has 0 aliphatic carbocycles. The largest absolute Gasteiger partial charge is 0.508 e. The highest BCUT2D eigenvalue weighted by molar-refractivity contribution is 9.10. The van der Waals surface area contributed by atoms with E-state index in [4.69, 9.17) is 4.84 Å². The number of carbonyl (C=O) groups excluding carboxylic acids is 2. The van der Waals surface area contributed by atoms with Crippen LogP contribution in [0.1, 0.15) is 11.6 Å². The van der Waals surface area contributed by atoms with Gasteiger partial charge < -0.3 is 5.11 Å². The highest BCUT2D eigenvalue weighted by Gasteiger charge is 2.60. The van der Waals surface area contributed by atoms with Crippen molar-refractivity contribution in [3.63, 3.8) is 0 Å². The first-order valence-corrected chi connectivity index (χ1v) is 10.8. The molecule has 0 bridgehead atoms. The van der Waals surface area contributed by atoms with Crippen molar-refractivity contribution in [2.24, 2.45) is 5.92 Å². The highest BCUT2D eigenvalue weighted by atomic mass is 79.9. The van der Waals surface area contributed by atoms with Crippen molar-refractivity contribution in [2.75, 3.05) is 9.96 Å². The summed E-state index contributed by atoms with van der Waals surface area (Å²) in [4.78, 5) is 44.4. The number of aromatic hydroxyl groups is 1. The Kier molecular flexibility index (Phi) is 5.10. The quantitative estimate of drug-likeness (QED) is 0.319. The number of nitro groups is 1. The number of carbonyl (C=O) groups is 2. The Morgan fingerprint density at radius 2 is 1.67 bits per heavy atom. The first kappa shape index (κ1) is 21.1. The summed E-state index contributed by atoms with van der Waals surface area (Å²) in [6.45, 7) is 0. The van der Waals surface area contributed by atoms with Crippen molar-refractivity contribution in [3.05, 3.63) is 92.9 Å². The van der Waals surface area contributed by atoms with E-state index in [1.807, 2.05) is 6.07 Å². The van der Waals surface area contributed by atoms with Crippen LogP contribution in [0.5, 0.6) is 5.75 Å². The number of hydroxylamine groups is 1. The van der Waals surface area contributed by atoms with Crippen LogP contribution in [0.4, 0.5) is 17.1 Å². The van der Waals surface area contributed by atoms with Gasteiger partial charge in [-0.15, -0.1) is 0 Å². The van der Waals surface area contributed by atoms with E-state index in [1.54, 1.807) is 36.4 Å². The molecule has 2 amide bonds. The lowest BCUT2D eigenvalue weighted by atomic mass is 9.90. The van der Waals surface area contributed by atoms with Crippen molar-refractivity contribution in [2.45, 2.75) is 12.1 Å². The number of imide groups is 1. The number of anilines is 2. The van der Waals surface area contributed by atoms with E-state index in [0.29, 0.717) is 15.7 Å². The van der Waals surface area contributed by atoms with Gasteiger partial charge >= 0.3 is 0 Å². The molecule has 10 heteroatoms. The number of non-ortho nitro benzene ring substituents is 1. The zero-order chi connectivity index (χ0) is 23.3. The summed E-state index contributed by atoms with van der Waals surface area (Å²) in [6.07, 6.45) is -1.15. The molecule has 2 aliphatic heterocycles. The summed E-state index contributed by atoms with van der Waals surface area (Å²) in [5, 5.41) is 23.3. The number of rotatable bonds is 4. The van der Waals surface area contributed by atoms with Crippen LogP contribution in [0, 0.1) is 16.0 Å². The van der Waals surface area contributed by atoms with Gasteiger partial charge in [0.1, 0.15) is 11.7 Å². The minimum absolute atomic E-state index is 0.0533. The summed E-state index contributed by atoms with van der Waals surface area (Å²) in [5.74, 6) is -2.21. The van der Waals surface area contributed by atoms with Gasteiger partial charge in [-0.25, -0.2) is 9.96 Å². The van der Waals surface area contributed by atoms with Crippen molar-refractivity contribution in [1.29, 1.82) is 0 Å². The molecule has 2 heterocycles. The molecule has 166 valence electrons. The Hall–Kier alpha value is -3.76. The van der Waals surface area contributed by atoms with Crippen LogP contribution in [0.2, 0.25) is 0 Å². The minimum Gasteiger partial charge on any atom is -0.508 e. The molecule has 33 heavy (non-hydrogen) atoms. The monoisotopic (exact) mass is 509 g/mol. The van der Waals surface area contributed by atoms with Gasteiger partial charge in [0.2, 0.25) is 5.91 Å². The predicted molar refractivity (Wildman–Crippen MR) is 121 cm³/mol. The maximum atomic E-state index is 13.6. The Bertz CT molecular complexity index is 1280. The lowest BCUT2D eigenvalue weighted by Crippen LogP contribution is -2.37. The Morgan fingerprint density at radius 3 is 2.39 bits per heavy atom. The van der Waals surface area contributed by atoms with Crippen molar-refractivity contribution >= 4 is 44.8 Å². The van der Waals surface area contributed by atoms with Gasteiger partial charge in [0, 0.05) is 22.2 Å². The van der Waals surface area contributed by atoms with Crippen molar-refractivity contribution < 1.29 is 24.5 Å². The number of amides is 2. The third kappa shape index (κ3) is 3.43. The third-order valence-corrected chi connectivity index (χ3v) is 6.23. The maximum Gasteiger partial charge on any atom is 0.271 e. The van der Waals surface area contributed by atoms with E-state index in [2.05, 4.69) is 15.9 Å². The van der Waals surface area contributed by atoms with Crippen molar-refractivity contribution in [3.8, 4) is 5.75 Å². The van der Waals surface area contributed by atoms with E-state index < -0.39 is 34.8 Å². The van der Waals surface area contributed by atoms with E-state index >= 15 is 0 Å². The fourth-order valence-corrected chi connectivity index (χ4v) is 4.67. The number of nitrogens with zero attached hydrogens (tertiary/aromatic N) is 3. The van der Waals surface area contributed by atoms with Crippen LogP contribution in [0.25, 0.3) is 0 Å². The first-order valence-electron chi connectivity index (χ1n) is 9.98. The number of nitro benzene ring substituents is 1. The molecule has 5 rings (SSSR count). The van der Waals surface area contributed by atoms with Crippen LogP contribution in [-0.4, -0.2) is 27.9 Å². The molecular formula is C23H16BrN3O6. The van der Waals surface area contributed by atoms with Gasteiger partial charge in [0.25, 0.3) is 11.6 Å². The number of phenolic OH excluding ortho intramolecular Hbond substituents is 1. The number of benzene rings is 3. The zero-order valence-electron chi connectivity index (χ0n) is 16.9. The molecule has 0 aromatic heterocycles. The molecular weight excluding hydrogens is 494 g/mol. The van der Waals surface area contributed by atoms with Crippen LogP contribution >= 0.6 is 15.9 Å². The van der Waals surface area contributed by atoms with Gasteiger partial charge in [-0.3, -0.25) is 24.5 Å². The average molecular weight is 510 g/mol. The van der Waals surface area contributed by atoms with E-state index in [1.165, 1.54) is 35.4 Å². The number of hydrogen-bond acceptors (Lipinski definition) is 7. The number of hydrogen-bond donors (Lipinski definition) is 1. The predicted octanol–water partition coefficient (Wildman–Crippen LogP) is 4.11. The third-order valence-electron chi connectivity index (χ3n) is 5.73. The molecule has 0 spiro atoms. The normalized spacial score (nSPS) is 22.0. The number of phenols is 1. The van der Waals surface area contributed by atoms with Gasteiger partial charge in [-0.2, -0.15) is 0 Å². The average Bonchev–Trinajstić information content (AvgIpc) is 3.32. The summed E-state index contributed by atoms with van der Waals surface area (Å²) in [7, 11) is 0. The zero-order valence-corrected chi connectivity index (χ0v) is 18.5. The molecule has 3 unspecified atom stereocenters. The van der Waals surface area contributed by atoms with Gasteiger partial charge in [0.15, 0.2) is 6.10 Å². The fraction of sp³-hybridized carbons (Fsp3) is 0.130. The molecule has 9 nitrogen and oxygen atoms in total. The molecule has 3 aromatic rings. The summed E-state index contributed by atoms with van der Waals surface area (Å²) < 4.78 is 0.680. The lowest BCUT2D eigenvalue weighted by molar-refractivity contribution is -0.384. The molecule has 3 atom stereocenters. The summed E-state index contributed by atoms with van der Waals surface area (Å²) in [6, 6.07) is 18.3. The van der Waals surface area contributed by atoms with Crippen LogP contribution in [0.15, 0.2) is 77.3 Å². The van der Waals surface area contributed by atoms with Crippen molar-refractivity contribution in [1.82, 2.24) is 0 Å². The highest BCUT2D eigenvalue weighted by Crippen LogP contribution is 2.49. The molecule has 0 saturated carbocycles. The van der Waals surface area contributed by atoms with E-state index in [9.17, 15) is 24.8 Å². The van der Waals surface area contributed by atoms with E-state index in [-0.39, 0.29) is 17.1 Å². The standard InChI is InChI=1S/C23H16BrN3O6/c24-13-9-10-18(28)17(11-13)20-19-21(33-26(20)14-5-2-1-3-6-14)23(30)25(22(19)29)15-7-4-8-16(12-15)27(31)32/h1-12,19-21,28H. The molecule has 2 aliphatic rings. The summed E-state index contributed by atoms with van der Waals surface area (Å²) in [5.41, 5.74) is 0.875. The van der Waals surface area contributed by atoms with E-state index in [0.717, 1.165) is 4.90 Å². The van der Waals surface area contributed by atoms with Crippen LogP contribution in [0.3, 0.4) is 0 Å². The molecule has 0 radical (unpaired) electrons.